The van der Waals surface area contributed by atoms with E-state index in [2.05, 4.69) is 20.9 Å². The van der Waals surface area contributed by atoms with Crippen LogP contribution in [-0.4, -0.2) is 29.9 Å². The maximum Gasteiger partial charge on any atom is 0.261 e. The van der Waals surface area contributed by atoms with Crippen LogP contribution in [0.2, 0.25) is 5.02 Å². The Hall–Kier alpha value is -2.68. The fraction of sp³-hybridized carbons (Fsp3) is 0.286. The molecule has 0 bridgehead atoms. The maximum absolute atomic E-state index is 12.5. The molecule has 0 fully saturated rings. The largest absolute Gasteiger partial charge is 0.383 e. The van der Waals surface area contributed by atoms with Gasteiger partial charge in [-0.25, -0.2) is 4.98 Å². The lowest BCUT2D eigenvalue weighted by atomic mass is 10.1. The summed E-state index contributed by atoms with van der Waals surface area (Å²) in [5.41, 5.74) is 6.85. The summed E-state index contributed by atoms with van der Waals surface area (Å²) in [5, 5.41) is 11.4. The standard InChI is InChI=1S/C21H24ClN5O2S/c1-13(28)25-7-2-6-24-12-19-17(22)10-18(30-19)21(29)27-11-14-3-4-16-15(9-14)5-8-26-20(16)23/h3-5,8-10,24H,2,6-7,11-12H2,1H3,(H2,23,26)(H,25,28)(H,27,29). The Kier molecular flexibility index (Phi) is 7.62. The highest BCUT2D eigenvalue weighted by atomic mass is 35.5. The topological polar surface area (TPSA) is 109 Å². The first-order valence-electron chi connectivity index (χ1n) is 9.58. The molecule has 0 radical (unpaired) electrons. The number of pyridine rings is 1. The zero-order valence-corrected chi connectivity index (χ0v) is 18.2. The van der Waals surface area contributed by atoms with Crippen LogP contribution >= 0.6 is 22.9 Å². The van der Waals surface area contributed by atoms with Crippen molar-refractivity contribution in [1.29, 1.82) is 0 Å². The molecule has 2 heterocycles. The van der Waals surface area contributed by atoms with Gasteiger partial charge < -0.3 is 21.7 Å². The smallest absolute Gasteiger partial charge is 0.261 e. The Labute approximate surface area is 184 Å². The van der Waals surface area contributed by atoms with Gasteiger partial charge in [-0.05, 0) is 42.1 Å². The SMILES string of the molecule is CC(=O)NCCCNCc1sc(C(=O)NCc2ccc3c(N)nccc3c2)cc1Cl. The molecule has 3 rings (SSSR count). The average molecular weight is 446 g/mol. The van der Waals surface area contributed by atoms with Gasteiger partial charge in [0, 0.05) is 43.0 Å². The molecule has 0 aliphatic heterocycles. The van der Waals surface area contributed by atoms with Crippen molar-refractivity contribution >= 4 is 51.3 Å². The Morgan fingerprint density at radius 3 is 2.77 bits per heavy atom. The van der Waals surface area contributed by atoms with Gasteiger partial charge in [-0.15, -0.1) is 11.3 Å². The molecule has 0 aliphatic rings. The normalized spacial score (nSPS) is 10.9. The number of thiophene rings is 1. The molecule has 0 aliphatic carbocycles. The van der Waals surface area contributed by atoms with E-state index in [1.165, 1.54) is 18.3 Å². The Morgan fingerprint density at radius 1 is 1.13 bits per heavy atom. The molecule has 2 aromatic heterocycles. The molecular formula is C21H24ClN5O2S. The number of halogens is 1. The van der Waals surface area contributed by atoms with Crippen molar-refractivity contribution in [1.82, 2.24) is 20.9 Å². The van der Waals surface area contributed by atoms with Crippen molar-refractivity contribution in [2.24, 2.45) is 0 Å². The fourth-order valence-electron chi connectivity index (χ4n) is 2.95. The summed E-state index contributed by atoms with van der Waals surface area (Å²) < 4.78 is 0. The number of anilines is 1. The van der Waals surface area contributed by atoms with Crippen LogP contribution in [0.1, 0.15) is 33.5 Å². The molecule has 0 unspecified atom stereocenters. The number of amides is 2. The van der Waals surface area contributed by atoms with Crippen LogP contribution in [0.5, 0.6) is 0 Å². The first kappa shape index (κ1) is 22.0. The number of aromatic nitrogens is 1. The molecule has 1 aromatic carbocycles. The zero-order chi connectivity index (χ0) is 21.5. The second-order valence-electron chi connectivity index (χ2n) is 6.83. The van der Waals surface area contributed by atoms with E-state index in [0.29, 0.717) is 35.4 Å². The highest BCUT2D eigenvalue weighted by Gasteiger charge is 2.13. The van der Waals surface area contributed by atoms with E-state index in [-0.39, 0.29) is 11.8 Å². The lowest BCUT2D eigenvalue weighted by Crippen LogP contribution is -2.24. The third-order valence-electron chi connectivity index (χ3n) is 4.48. The monoisotopic (exact) mass is 445 g/mol. The number of hydrogen-bond donors (Lipinski definition) is 4. The molecule has 0 saturated carbocycles. The second-order valence-corrected chi connectivity index (χ2v) is 8.37. The minimum atomic E-state index is -0.159. The van der Waals surface area contributed by atoms with Gasteiger partial charge in [-0.1, -0.05) is 23.7 Å². The first-order valence-corrected chi connectivity index (χ1v) is 10.8. The van der Waals surface area contributed by atoms with Crippen molar-refractivity contribution < 1.29 is 9.59 Å². The average Bonchev–Trinajstić information content (AvgIpc) is 3.09. The summed E-state index contributed by atoms with van der Waals surface area (Å²) >= 11 is 7.66. The summed E-state index contributed by atoms with van der Waals surface area (Å²) in [4.78, 5) is 28.9. The first-order chi connectivity index (χ1) is 14.4. The Morgan fingerprint density at radius 2 is 1.97 bits per heavy atom. The Bertz CT molecular complexity index is 1050. The number of nitrogens with zero attached hydrogens (tertiary/aromatic N) is 1. The van der Waals surface area contributed by atoms with Crippen LogP contribution in [0.4, 0.5) is 5.82 Å². The number of carbonyl (C=O) groups is 2. The maximum atomic E-state index is 12.5. The van der Waals surface area contributed by atoms with Crippen molar-refractivity contribution in [3.8, 4) is 0 Å². The van der Waals surface area contributed by atoms with E-state index in [0.717, 1.165) is 34.2 Å². The van der Waals surface area contributed by atoms with Gasteiger partial charge in [0.2, 0.25) is 5.91 Å². The van der Waals surface area contributed by atoms with E-state index >= 15 is 0 Å². The molecule has 3 aromatic rings. The van der Waals surface area contributed by atoms with E-state index in [4.69, 9.17) is 17.3 Å². The van der Waals surface area contributed by atoms with E-state index in [9.17, 15) is 9.59 Å². The second kappa shape index (κ2) is 10.4. The molecule has 0 saturated heterocycles. The van der Waals surface area contributed by atoms with Gasteiger partial charge in [0.1, 0.15) is 5.82 Å². The predicted molar refractivity (Wildman–Crippen MR) is 122 cm³/mol. The number of carbonyl (C=O) groups excluding carboxylic acids is 2. The van der Waals surface area contributed by atoms with E-state index in [1.54, 1.807) is 12.3 Å². The number of rotatable bonds is 9. The molecule has 0 atom stereocenters. The number of nitrogen functional groups attached to an aromatic ring is 1. The van der Waals surface area contributed by atoms with Crippen LogP contribution in [0, 0.1) is 0 Å². The van der Waals surface area contributed by atoms with Gasteiger partial charge in [-0.3, -0.25) is 9.59 Å². The fourth-order valence-corrected chi connectivity index (χ4v) is 4.24. The van der Waals surface area contributed by atoms with Crippen LogP contribution in [0.15, 0.2) is 36.5 Å². The molecule has 0 spiro atoms. The third-order valence-corrected chi connectivity index (χ3v) is 6.07. The summed E-state index contributed by atoms with van der Waals surface area (Å²) in [7, 11) is 0. The molecule has 30 heavy (non-hydrogen) atoms. The number of nitrogens with two attached hydrogens (primary N) is 1. The Balaban J connectivity index is 1.51. The number of nitrogens with one attached hydrogen (secondary N) is 3. The summed E-state index contributed by atoms with van der Waals surface area (Å²) in [6.07, 6.45) is 2.49. The molecule has 7 nitrogen and oxygen atoms in total. The highest BCUT2D eigenvalue weighted by molar-refractivity contribution is 7.14. The van der Waals surface area contributed by atoms with Gasteiger partial charge in [-0.2, -0.15) is 0 Å². The third kappa shape index (κ3) is 5.91. The van der Waals surface area contributed by atoms with E-state index in [1.807, 2.05) is 24.3 Å². The molecule has 2 amide bonds. The van der Waals surface area contributed by atoms with Crippen LogP contribution in [0.25, 0.3) is 10.8 Å². The lowest BCUT2D eigenvalue weighted by Gasteiger charge is -2.06. The quantitative estimate of drug-likeness (QED) is 0.378. The van der Waals surface area contributed by atoms with Crippen molar-refractivity contribution in [3.63, 3.8) is 0 Å². The van der Waals surface area contributed by atoms with Crippen molar-refractivity contribution in [2.75, 3.05) is 18.8 Å². The zero-order valence-electron chi connectivity index (χ0n) is 16.6. The van der Waals surface area contributed by atoms with Crippen LogP contribution in [0.3, 0.4) is 0 Å². The molecule has 158 valence electrons. The van der Waals surface area contributed by atoms with Crippen LogP contribution in [-0.2, 0) is 17.9 Å². The molecule has 5 N–H and O–H groups in total. The number of fused-ring (bicyclic) bond motifs is 1. The summed E-state index contributed by atoms with van der Waals surface area (Å²) in [5.74, 6) is 0.303. The minimum absolute atomic E-state index is 0.0308. The number of benzene rings is 1. The lowest BCUT2D eigenvalue weighted by molar-refractivity contribution is -0.118. The number of hydrogen-bond acceptors (Lipinski definition) is 6. The van der Waals surface area contributed by atoms with Crippen molar-refractivity contribution in [3.05, 3.63) is 56.9 Å². The van der Waals surface area contributed by atoms with Crippen LogP contribution < -0.4 is 21.7 Å². The predicted octanol–water partition coefficient (Wildman–Crippen LogP) is 3.08. The van der Waals surface area contributed by atoms with E-state index < -0.39 is 0 Å². The molecule has 9 heteroatoms. The van der Waals surface area contributed by atoms with Gasteiger partial charge in [0.25, 0.3) is 5.91 Å². The van der Waals surface area contributed by atoms with Gasteiger partial charge >= 0.3 is 0 Å². The highest BCUT2D eigenvalue weighted by Crippen LogP contribution is 2.27. The van der Waals surface area contributed by atoms with Crippen molar-refractivity contribution in [2.45, 2.75) is 26.4 Å². The van der Waals surface area contributed by atoms with Gasteiger partial charge in [0.05, 0.1) is 9.90 Å². The minimum Gasteiger partial charge on any atom is -0.383 e. The summed E-state index contributed by atoms with van der Waals surface area (Å²) in [6, 6.07) is 9.43. The molecular weight excluding hydrogens is 422 g/mol. The summed E-state index contributed by atoms with van der Waals surface area (Å²) in [6.45, 7) is 3.86. The van der Waals surface area contributed by atoms with Gasteiger partial charge in [0.15, 0.2) is 0 Å².